The first-order chi connectivity index (χ1) is 18.2. The third-order valence-corrected chi connectivity index (χ3v) is 7.69. The molecule has 3 aliphatic rings. The van der Waals surface area contributed by atoms with Crippen molar-refractivity contribution in [2.75, 3.05) is 46.1 Å². The Morgan fingerprint density at radius 2 is 1.76 bits per heavy atom. The van der Waals surface area contributed by atoms with Gasteiger partial charge in [0.25, 0.3) is 0 Å². The van der Waals surface area contributed by atoms with Crippen LogP contribution in [0.25, 0.3) is 0 Å². The Labute approximate surface area is 225 Å². The molecule has 0 bridgehead atoms. The molecule has 1 aliphatic carbocycles. The molecule has 3 amide bonds. The molecule has 38 heavy (non-hydrogen) atoms. The van der Waals surface area contributed by atoms with E-state index in [1.165, 1.54) is 12.8 Å². The van der Waals surface area contributed by atoms with E-state index in [9.17, 15) is 19.6 Å². The predicted molar refractivity (Wildman–Crippen MR) is 141 cm³/mol. The summed E-state index contributed by atoms with van der Waals surface area (Å²) in [4.78, 5) is 41.6. The average Bonchev–Trinajstić information content (AvgIpc) is 3.57. The van der Waals surface area contributed by atoms with Gasteiger partial charge in [0.2, 0.25) is 24.5 Å². The molecule has 10 nitrogen and oxygen atoms in total. The Balaban J connectivity index is 1.14. The van der Waals surface area contributed by atoms with Gasteiger partial charge in [-0.2, -0.15) is 0 Å². The maximum absolute atomic E-state index is 13.0. The smallest absolute Gasteiger partial charge is 0.246 e. The summed E-state index contributed by atoms with van der Waals surface area (Å²) in [5.41, 5.74) is 0.546. The van der Waals surface area contributed by atoms with E-state index in [2.05, 4.69) is 10.2 Å². The lowest BCUT2D eigenvalue weighted by Gasteiger charge is -2.37. The van der Waals surface area contributed by atoms with Gasteiger partial charge in [0.1, 0.15) is 0 Å². The predicted octanol–water partition coefficient (Wildman–Crippen LogP) is 2.78. The second-order valence-corrected chi connectivity index (χ2v) is 11.6. The van der Waals surface area contributed by atoms with Gasteiger partial charge in [-0.1, -0.05) is 32.8 Å². The molecule has 4 rings (SSSR count). The first-order valence-corrected chi connectivity index (χ1v) is 13.8. The van der Waals surface area contributed by atoms with Gasteiger partial charge in [-0.05, 0) is 41.9 Å². The topological polar surface area (TPSA) is 112 Å². The zero-order chi connectivity index (χ0) is 27.1. The number of piperazine rings is 1. The van der Waals surface area contributed by atoms with E-state index in [4.69, 9.17) is 9.47 Å². The van der Waals surface area contributed by atoms with Crippen molar-refractivity contribution in [3.63, 3.8) is 0 Å². The number of nitrogens with zero attached hydrogens (tertiary/aromatic N) is 3. The summed E-state index contributed by atoms with van der Waals surface area (Å²) >= 11 is 0. The number of hydroxylamine groups is 2. The van der Waals surface area contributed by atoms with E-state index in [0.29, 0.717) is 30.6 Å². The van der Waals surface area contributed by atoms with E-state index in [1.54, 1.807) is 0 Å². The number of benzene rings is 1. The zero-order valence-electron chi connectivity index (χ0n) is 22.7. The van der Waals surface area contributed by atoms with Crippen LogP contribution in [0.4, 0.5) is 0 Å². The Morgan fingerprint density at radius 1 is 1.05 bits per heavy atom. The lowest BCUT2D eigenvalue weighted by molar-refractivity contribution is -0.172. The normalized spacial score (nSPS) is 18.0. The standard InChI is InChI=1S/C28H42N4O6/c1-28(2,19-32(36)26(34)10-9-25(33)29-17-21-5-3-4-6-21)16-27(35)31-13-11-30(12-14-31)18-22-7-8-23-24(15-22)38-20-37-23/h7-8,15,21,36H,3-6,9-14,16-20H2,1-2H3,(H,29,33). The summed E-state index contributed by atoms with van der Waals surface area (Å²) < 4.78 is 10.8. The SMILES string of the molecule is CC(C)(CC(=O)N1CCN(Cc2ccc3c(c2)OCO3)CC1)CN(O)C(=O)CCC(=O)NCC1CCCC1. The highest BCUT2D eigenvalue weighted by atomic mass is 16.7. The number of fused-ring (bicyclic) bond motifs is 1. The zero-order valence-corrected chi connectivity index (χ0v) is 22.7. The van der Waals surface area contributed by atoms with E-state index < -0.39 is 11.3 Å². The van der Waals surface area contributed by atoms with Gasteiger partial charge < -0.3 is 19.7 Å². The van der Waals surface area contributed by atoms with Crippen molar-refractivity contribution >= 4 is 17.7 Å². The number of ether oxygens (including phenoxy) is 2. The fraction of sp³-hybridized carbons (Fsp3) is 0.679. The summed E-state index contributed by atoms with van der Waals surface area (Å²) in [6.45, 7) is 8.29. The highest BCUT2D eigenvalue weighted by molar-refractivity contribution is 5.83. The molecule has 1 saturated carbocycles. The van der Waals surface area contributed by atoms with E-state index in [1.807, 2.05) is 36.9 Å². The molecule has 1 saturated heterocycles. The summed E-state index contributed by atoms with van der Waals surface area (Å²) in [5.74, 6) is 1.45. The molecule has 2 aliphatic heterocycles. The lowest BCUT2D eigenvalue weighted by Crippen LogP contribution is -2.49. The molecular formula is C28H42N4O6. The molecule has 0 unspecified atom stereocenters. The fourth-order valence-corrected chi connectivity index (χ4v) is 5.43. The quantitative estimate of drug-likeness (QED) is 0.334. The maximum Gasteiger partial charge on any atom is 0.246 e. The molecule has 0 radical (unpaired) electrons. The van der Waals surface area contributed by atoms with Crippen LogP contribution in [0.5, 0.6) is 11.5 Å². The molecule has 10 heteroatoms. The van der Waals surface area contributed by atoms with E-state index >= 15 is 0 Å². The molecule has 1 aromatic carbocycles. The van der Waals surface area contributed by atoms with Gasteiger partial charge in [0, 0.05) is 58.5 Å². The van der Waals surface area contributed by atoms with Crippen LogP contribution in [0, 0.1) is 11.3 Å². The van der Waals surface area contributed by atoms with Crippen molar-refractivity contribution in [1.29, 1.82) is 0 Å². The third kappa shape index (κ3) is 8.07. The number of hydrogen-bond acceptors (Lipinski definition) is 7. The lowest BCUT2D eigenvalue weighted by atomic mass is 9.88. The molecule has 2 N–H and O–H groups in total. The van der Waals surface area contributed by atoms with Gasteiger partial charge >= 0.3 is 0 Å². The first kappa shape index (κ1) is 28.2. The van der Waals surface area contributed by atoms with Crippen molar-refractivity contribution in [3.05, 3.63) is 23.8 Å². The molecule has 2 fully saturated rings. The van der Waals surface area contributed by atoms with Crippen molar-refractivity contribution < 1.29 is 29.1 Å². The molecule has 2 heterocycles. The second kappa shape index (κ2) is 12.8. The number of carbonyl (C=O) groups is 3. The van der Waals surface area contributed by atoms with Crippen molar-refractivity contribution in [1.82, 2.24) is 20.2 Å². The van der Waals surface area contributed by atoms with Crippen LogP contribution in [0.2, 0.25) is 0 Å². The molecule has 1 aromatic rings. The van der Waals surface area contributed by atoms with Crippen LogP contribution < -0.4 is 14.8 Å². The minimum Gasteiger partial charge on any atom is -0.454 e. The average molecular weight is 531 g/mol. The van der Waals surface area contributed by atoms with Crippen LogP contribution in [-0.2, 0) is 20.9 Å². The van der Waals surface area contributed by atoms with Gasteiger partial charge in [-0.3, -0.25) is 24.5 Å². The van der Waals surface area contributed by atoms with E-state index in [-0.39, 0.29) is 44.4 Å². The number of rotatable bonds is 11. The number of hydrogen-bond donors (Lipinski definition) is 2. The molecule has 0 spiro atoms. The monoisotopic (exact) mass is 530 g/mol. The summed E-state index contributed by atoms with van der Waals surface area (Å²) in [6.07, 6.45) is 4.95. The van der Waals surface area contributed by atoms with Gasteiger partial charge in [-0.15, -0.1) is 0 Å². The minimum absolute atomic E-state index is 0.0184. The maximum atomic E-state index is 13.0. The van der Waals surface area contributed by atoms with Crippen LogP contribution in [0.3, 0.4) is 0 Å². The van der Waals surface area contributed by atoms with Crippen LogP contribution in [-0.4, -0.2) is 83.9 Å². The third-order valence-electron chi connectivity index (χ3n) is 7.69. The molecule has 0 atom stereocenters. The fourth-order valence-electron chi connectivity index (χ4n) is 5.43. The van der Waals surface area contributed by atoms with Crippen molar-refractivity contribution in [2.45, 2.75) is 65.3 Å². The Kier molecular flexibility index (Phi) is 9.49. The van der Waals surface area contributed by atoms with Gasteiger partial charge in [0.15, 0.2) is 11.5 Å². The van der Waals surface area contributed by atoms with Gasteiger partial charge in [-0.25, -0.2) is 5.06 Å². The summed E-state index contributed by atoms with van der Waals surface area (Å²) in [7, 11) is 0. The number of nitrogens with one attached hydrogen (secondary N) is 1. The minimum atomic E-state index is -0.601. The Morgan fingerprint density at radius 3 is 2.50 bits per heavy atom. The largest absolute Gasteiger partial charge is 0.454 e. The Hall–Kier alpha value is -2.85. The Bertz CT molecular complexity index is 986. The molecular weight excluding hydrogens is 488 g/mol. The van der Waals surface area contributed by atoms with Crippen LogP contribution in [0.15, 0.2) is 18.2 Å². The summed E-state index contributed by atoms with van der Waals surface area (Å²) in [6, 6.07) is 5.98. The second-order valence-electron chi connectivity index (χ2n) is 11.6. The molecule has 210 valence electrons. The highest BCUT2D eigenvalue weighted by Gasteiger charge is 2.31. The first-order valence-electron chi connectivity index (χ1n) is 13.8. The van der Waals surface area contributed by atoms with Crippen LogP contribution >= 0.6 is 0 Å². The summed E-state index contributed by atoms with van der Waals surface area (Å²) in [5, 5.41) is 13.9. The van der Waals surface area contributed by atoms with Crippen LogP contribution in [0.1, 0.15) is 64.4 Å². The number of carbonyl (C=O) groups excluding carboxylic acids is 3. The van der Waals surface area contributed by atoms with E-state index in [0.717, 1.165) is 49.5 Å². The number of amides is 3. The van der Waals surface area contributed by atoms with Crippen molar-refractivity contribution in [2.24, 2.45) is 11.3 Å². The van der Waals surface area contributed by atoms with Gasteiger partial charge in [0.05, 0.1) is 6.54 Å². The van der Waals surface area contributed by atoms with Crippen molar-refractivity contribution in [3.8, 4) is 11.5 Å². The molecule has 0 aromatic heterocycles. The highest BCUT2D eigenvalue weighted by Crippen LogP contribution is 2.33.